The van der Waals surface area contributed by atoms with Crippen molar-refractivity contribution in [1.82, 2.24) is 15.2 Å². The summed E-state index contributed by atoms with van der Waals surface area (Å²) < 4.78 is 5.73. The number of rotatable bonds is 7. The SMILES string of the molecule is CCC(C)C(=O)NCC(=O)Nc1nc(CN2CC(C)OC(C)C2)cs1. The van der Waals surface area contributed by atoms with Crippen LogP contribution in [0.5, 0.6) is 0 Å². The van der Waals surface area contributed by atoms with Crippen molar-refractivity contribution in [3.8, 4) is 0 Å². The Morgan fingerprint density at radius 1 is 1.40 bits per heavy atom. The van der Waals surface area contributed by atoms with Crippen molar-refractivity contribution in [3.63, 3.8) is 0 Å². The number of hydrogen-bond donors (Lipinski definition) is 2. The molecule has 2 amide bonds. The van der Waals surface area contributed by atoms with Crippen LogP contribution in [-0.2, 0) is 20.9 Å². The van der Waals surface area contributed by atoms with Gasteiger partial charge in [0.05, 0.1) is 24.4 Å². The highest BCUT2D eigenvalue weighted by molar-refractivity contribution is 7.13. The van der Waals surface area contributed by atoms with E-state index < -0.39 is 0 Å². The first-order valence-electron chi connectivity index (χ1n) is 8.77. The van der Waals surface area contributed by atoms with Crippen LogP contribution in [0.15, 0.2) is 5.38 Å². The Bertz CT molecular complexity index is 582. The smallest absolute Gasteiger partial charge is 0.245 e. The number of carbonyl (C=O) groups is 2. The van der Waals surface area contributed by atoms with E-state index in [0.29, 0.717) is 5.13 Å². The maximum Gasteiger partial charge on any atom is 0.245 e. The van der Waals surface area contributed by atoms with Gasteiger partial charge in [0.15, 0.2) is 5.13 Å². The molecule has 8 heteroatoms. The maximum absolute atomic E-state index is 11.9. The van der Waals surface area contributed by atoms with Crippen LogP contribution >= 0.6 is 11.3 Å². The predicted molar refractivity (Wildman–Crippen MR) is 98.5 cm³/mol. The Kier molecular flexibility index (Phi) is 7.34. The van der Waals surface area contributed by atoms with E-state index in [9.17, 15) is 9.59 Å². The number of aromatic nitrogens is 1. The summed E-state index contributed by atoms with van der Waals surface area (Å²) in [6, 6.07) is 0. The second kappa shape index (κ2) is 9.26. The minimum absolute atomic E-state index is 0.0312. The largest absolute Gasteiger partial charge is 0.373 e. The number of morpholine rings is 1. The van der Waals surface area contributed by atoms with Crippen LogP contribution in [0.1, 0.15) is 39.8 Å². The van der Waals surface area contributed by atoms with Gasteiger partial charge in [-0.2, -0.15) is 0 Å². The lowest BCUT2D eigenvalue weighted by Gasteiger charge is -2.34. The minimum Gasteiger partial charge on any atom is -0.373 e. The molecule has 1 aromatic rings. The van der Waals surface area contributed by atoms with E-state index >= 15 is 0 Å². The van der Waals surface area contributed by atoms with Crippen molar-refractivity contribution in [3.05, 3.63) is 11.1 Å². The summed E-state index contributed by atoms with van der Waals surface area (Å²) in [7, 11) is 0. The normalized spacial score (nSPS) is 22.4. The fourth-order valence-electron chi connectivity index (χ4n) is 2.77. The fourth-order valence-corrected chi connectivity index (χ4v) is 3.49. The highest BCUT2D eigenvalue weighted by Crippen LogP contribution is 2.19. The zero-order valence-corrected chi connectivity index (χ0v) is 16.2. The highest BCUT2D eigenvalue weighted by atomic mass is 32.1. The number of nitrogens with zero attached hydrogens (tertiary/aromatic N) is 2. The fraction of sp³-hybridized carbons (Fsp3) is 0.706. The van der Waals surface area contributed by atoms with Gasteiger partial charge in [-0.25, -0.2) is 4.98 Å². The van der Waals surface area contributed by atoms with Crippen molar-refractivity contribution in [2.45, 2.75) is 52.9 Å². The number of ether oxygens (including phenoxy) is 1. The van der Waals surface area contributed by atoms with Crippen LogP contribution < -0.4 is 10.6 Å². The molecule has 7 nitrogen and oxygen atoms in total. The first-order chi connectivity index (χ1) is 11.9. The van der Waals surface area contributed by atoms with E-state index in [4.69, 9.17) is 4.74 Å². The number of hydrogen-bond acceptors (Lipinski definition) is 6. The third-order valence-corrected chi connectivity index (χ3v) is 4.97. The lowest BCUT2D eigenvalue weighted by Crippen LogP contribution is -2.44. The van der Waals surface area contributed by atoms with Crippen molar-refractivity contribution in [1.29, 1.82) is 0 Å². The van der Waals surface area contributed by atoms with Gasteiger partial charge in [-0.3, -0.25) is 14.5 Å². The molecule has 3 unspecified atom stereocenters. The second-order valence-electron chi connectivity index (χ2n) is 6.67. The first-order valence-corrected chi connectivity index (χ1v) is 9.65. The Morgan fingerprint density at radius 2 is 2.08 bits per heavy atom. The molecule has 2 rings (SSSR count). The average molecular weight is 369 g/mol. The van der Waals surface area contributed by atoms with Gasteiger partial charge in [-0.05, 0) is 20.3 Å². The van der Waals surface area contributed by atoms with Gasteiger partial charge >= 0.3 is 0 Å². The van der Waals surface area contributed by atoms with Crippen LogP contribution in [0.25, 0.3) is 0 Å². The van der Waals surface area contributed by atoms with Crippen molar-refractivity contribution >= 4 is 28.3 Å². The quantitative estimate of drug-likeness (QED) is 0.767. The molecule has 1 aliphatic heterocycles. The van der Waals surface area contributed by atoms with Gasteiger partial charge in [0.25, 0.3) is 0 Å². The van der Waals surface area contributed by atoms with E-state index in [1.165, 1.54) is 11.3 Å². The molecule has 0 aliphatic carbocycles. The Labute approximate surface area is 153 Å². The molecule has 0 spiro atoms. The van der Waals surface area contributed by atoms with Crippen LogP contribution in [0, 0.1) is 5.92 Å². The van der Waals surface area contributed by atoms with E-state index in [1.807, 2.05) is 19.2 Å². The van der Waals surface area contributed by atoms with Crippen molar-refractivity contribution < 1.29 is 14.3 Å². The lowest BCUT2D eigenvalue weighted by atomic mass is 10.1. The summed E-state index contributed by atoms with van der Waals surface area (Å²) in [6.45, 7) is 10.4. The number of thiazole rings is 1. The Hall–Kier alpha value is -1.51. The molecule has 140 valence electrons. The third-order valence-electron chi connectivity index (χ3n) is 4.16. The molecule has 1 aromatic heterocycles. The molecular weight excluding hydrogens is 340 g/mol. The number of amides is 2. The van der Waals surface area contributed by atoms with Gasteiger partial charge in [0.1, 0.15) is 0 Å². The van der Waals surface area contributed by atoms with Gasteiger partial charge < -0.3 is 15.4 Å². The molecular formula is C17H28N4O3S. The van der Waals surface area contributed by atoms with E-state index in [0.717, 1.165) is 31.7 Å². The summed E-state index contributed by atoms with van der Waals surface area (Å²) in [4.78, 5) is 30.4. The van der Waals surface area contributed by atoms with Gasteiger partial charge in [-0.1, -0.05) is 13.8 Å². The minimum atomic E-state index is -0.258. The van der Waals surface area contributed by atoms with Crippen LogP contribution in [-0.4, -0.2) is 53.5 Å². The standard InChI is InChI=1S/C17H28N4O3S/c1-5-11(2)16(23)18-6-15(22)20-17-19-14(10-25-17)9-21-7-12(3)24-13(4)8-21/h10-13H,5-9H2,1-4H3,(H,18,23)(H,19,20,22). The zero-order chi connectivity index (χ0) is 18.4. The van der Waals surface area contributed by atoms with Crippen molar-refractivity contribution in [2.75, 3.05) is 25.0 Å². The average Bonchev–Trinajstić information content (AvgIpc) is 2.97. The summed E-state index contributed by atoms with van der Waals surface area (Å²) in [6.07, 6.45) is 1.19. The molecule has 25 heavy (non-hydrogen) atoms. The van der Waals surface area contributed by atoms with Gasteiger partial charge in [0.2, 0.25) is 11.8 Å². The monoisotopic (exact) mass is 368 g/mol. The molecule has 2 N–H and O–H groups in total. The molecule has 0 radical (unpaired) electrons. The molecule has 2 heterocycles. The molecule has 0 saturated carbocycles. The van der Waals surface area contributed by atoms with E-state index in [-0.39, 0.29) is 36.5 Å². The topological polar surface area (TPSA) is 83.6 Å². The lowest BCUT2D eigenvalue weighted by molar-refractivity contribution is -0.126. The first kappa shape index (κ1) is 19.8. The summed E-state index contributed by atoms with van der Waals surface area (Å²) in [5.74, 6) is -0.447. The molecule has 1 fully saturated rings. The highest BCUT2D eigenvalue weighted by Gasteiger charge is 2.22. The summed E-state index contributed by atoms with van der Waals surface area (Å²) in [5.41, 5.74) is 0.935. The predicted octanol–water partition coefficient (Wildman–Crippen LogP) is 1.85. The van der Waals surface area contributed by atoms with Crippen molar-refractivity contribution in [2.24, 2.45) is 5.92 Å². The van der Waals surface area contributed by atoms with Gasteiger partial charge in [0, 0.05) is 30.9 Å². The third kappa shape index (κ3) is 6.37. The summed E-state index contributed by atoms with van der Waals surface area (Å²) >= 11 is 1.40. The van der Waals surface area contributed by atoms with Crippen LogP contribution in [0.2, 0.25) is 0 Å². The van der Waals surface area contributed by atoms with E-state index in [1.54, 1.807) is 0 Å². The molecule has 0 aromatic carbocycles. The molecule has 1 saturated heterocycles. The Balaban J connectivity index is 1.79. The zero-order valence-electron chi connectivity index (χ0n) is 15.4. The Morgan fingerprint density at radius 3 is 2.72 bits per heavy atom. The number of anilines is 1. The van der Waals surface area contributed by atoms with Crippen LogP contribution in [0.4, 0.5) is 5.13 Å². The molecule has 1 aliphatic rings. The van der Waals surface area contributed by atoms with Gasteiger partial charge in [-0.15, -0.1) is 11.3 Å². The van der Waals surface area contributed by atoms with Crippen LogP contribution in [0.3, 0.4) is 0 Å². The molecule has 0 bridgehead atoms. The van der Waals surface area contributed by atoms with E-state index in [2.05, 4.69) is 34.4 Å². The second-order valence-corrected chi connectivity index (χ2v) is 7.53. The molecule has 3 atom stereocenters. The number of carbonyl (C=O) groups excluding carboxylic acids is 2. The summed E-state index contributed by atoms with van der Waals surface area (Å²) in [5, 5.41) is 7.90. The number of nitrogens with one attached hydrogen (secondary N) is 2. The maximum atomic E-state index is 11.9.